The largest absolute Gasteiger partial charge is 0.456 e. The van der Waals surface area contributed by atoms with Crippen molar-refractivity contribution in [3.8, 4) is 11.8 Å². The summed E-state index contributed by atoms with van der Waals surface area (Å²) in [5, 5.41) is 13.9. The van der Waals surface area contributed by atoms with Crippen molar-refractivity contribution in [2.75, 3.05) is 0 Å². The molecule has 3 nitrogen and oxygen atoms in total. The molecule has 0 radical (unpaired) electrons. The van der Waals surface area contributed by atoms with Crippen LogP contribution in [0.2, 0.25) is 0 Å². The van der Waals surface area contributed by atoms with Crippen LogP contribution in [0.25, 0.3) is 49.4 Å². The number of para-hydroxylation sites is 2. The first kappa shape index (κ1) is 20.6. The number of hydrogen-bond acceptors (Lipinski definition) is 2. The SMILES string of the molecule is N#Cc1ccc2oc3ccc(CCc4ccc5c(c4)c4ccccc4n5-c4ccccc4)cc3c2c1. The van der Waals surface area contributed by atoms with Gasteiger partial charge >= 0.3 is 0 Å². The fourth-order valence-corrected chi connectivity index (χ4v) is 5.37. The fraction of sp³-hybridized carbons (Fsp3) is 0.0606. The maximum Gasteiger partial charge on any atom is 0.135 e. The highest BCUT2D eigenvalue weighted by atomic mass is 16.3. The Labute approximate surface area is 208 Å². The molecule has 0 aliphatic rings. The Morgan fingerprint density at radius 1 is 0.583 bits per heavy atom. The van der Waals surface area contributed by atoms with Gasteiger partial charge in [0.15, 0.2) is 0 Å². The van der Waals surface area contributed by atoms with Gasteiger partial charge in [0.1, 0.15) is 11.2 Å². The lowest BCUT2D eigenvalue weighted by atomic mass is 10.0. The van der Waals surface area contributed by atoms with E-state index >= 15 is 0 Å². The van der Waals surface area contributed by atoms with E-state index < -0.39 is 0 Å². The van der Waals surface area contributed by atoms with E-state index in [1.807, 2.05) is 18.2 Å². The van der Waals surface area contributed by atoms with Crippen molar-refractivity contribution in [2.45, 2.75) is 12.8 Å². The number of hydrogen-bond donors (Lipinski definition) is 0. The highest BCUT2D eigenvalue weighted by Crippen LogP contribution is 2.33. The molecule has 2 heterocycles. The monoisotopic (exact) mass is 462 g/mol. The summed E-state index contributed by atoms with van der Waals surface area (Å²) in [7, 11) is 0. The first-order valence-corrected chi connectivity index (χ1v) is 12.2. The first-order valence-electron chi connectivity index (χ1n) is 12.2. The van der Waals surface area contributed by atoms with Gasteiger partial charge in [-0.3, -0.25) is 0 Å². The third kappa shape index (κ3) is 3.27. The Balaban J connectivity index is 1.26. The van der Waals surface area contributed by atoms with E-state index in [9.17, 15) is 5.26 Å². The van der Waals surface area contributed by atoms with Gasteiger partial charge < -0.3 is 8.98 Å². The molecule has 0 N–H and O–H groups in total. The Kier molecular flexibility index (Phi) is 4.65. The summed E-state index contributed by atoms with van der Waals surface area (Å²) in [6.45, 7) is 0. The Morgan fingerprint density at radius 3 is 2.03 bits per heavy atom. The molecular weight excluding hydrogens is 440 g/mol. The molecule has 0 amide bonds. The molecule has 36 heavy (non-hydrogen) atoms. The molecule has 0 aliphatic heterocycles. The number of benzene rings is 5. The average molecular weight is 463 g/mol. The molecule has 2 aromatic heterocycles. The summed E-state index contributed by atoms with van der Waals surface area (Å²) in [5.74, 6) is 0. The van der Waals surface area contributed by atoms with Gasteiger partial charge in [0, 0.05) is 27.2 Å². The normalized spacial score (nSPS) is 11.5. The molecule has 0 unspecified atom stereocenters. The van der Waals surface area contributed by atoms with E-state index in [0.29, 0.717) is 5.56 Å². The zero-order chi connectivity index (χ0) is 24.1. The second-order valence-electron chi connectivity index (χ2n) is 9.29. The van der Waals surface area contributed by atoms with Gasteiger partial charge in [-0.25, -0.2) is 0 Å². The zero-order valence-corrected chi connectivity index (χ0v) is 19.6. The van der Waals surface area contributed by atoms with Crippen molar-refractivity contribution in [2.24, 2.45) is 0 Å². The average Bonchev–Trinajstić information content (AvgIpc) is 3.47. The van der Waals surface area contributed by atoms with Crippen LogP contribution in [0.1, 0.15) is 16.7 Å². The van der Waals surface area contributed by atoms with E-state index in [4.69, 9.17) is 4.42 Å². The molecule has 3 heteroatoms. The van der Waals surface area contributed by atoms with Crippen molar-refractivity contribution in [1.29, 1.82) is 5.26 Å². The molecule has 170 valence electrons. The molecule has 7 rings (SSSR count). The number of fused-ring (bicyclic) bond motifs is 6. The van der Waals surface area contributed by atoms with Gasteiger partial charge in [-0.1, -0.05) is 48.5 Å². The second kappa shape index (κ2) is 8.15. The highest BCUT2D eigenvalue weighted by molar-refractivity contribution is 6.09. The molecule has 7 aromatic rings. The van der Waals surface area contributed by atoms with Crippen LogP contribution in [0.3, 0.4) is 0 Å². The van der Waals surface area contributed by atoms with Crippen LogP contribution in [0.15, 0.2) is 114 Å². The molecule has 5 aromatic carbocycles. The molecule has 0 spiro atoms. The van der Waals surface area contributed by atoms with Gasteiger partial charge in [-0.2, -0.15) is 5.26 Å². The van der Waals surface area contributed by atoms with Crippen molar-refractivity contribution in [3.63, 3.8) is 0 Å². The minimum atomic E-state index is 0.651. The standard InChI is InChI=1S/C33H22N2O/c34-21-24-14-17-33-29(20-24)28-19-23(13-16-32(28)36-33)11-10-22-12-15-31-27(18-22)26-8-4-5-9-30(26)35(31)25-6-2-1-3-7-25/h1-9,12-20H,10-11H2. The maximum absolute atomic E-state index is 9.30. The molecule has 0 fully saturated rings. The van der Waals surface area contributed by atoms with E-state index in [-0.39, 0.29) is 0 Å². The zero-order valence-electron chi connectivity index (χ0n) is 19.6. The lowest BCUT2D eigenvalue weighted by molar-refractivity contribution is 0.668. The molecule has 0 atom stereocenters. The van der Waals surface area contributed by atoms with Crippen LogP contribution in [-0.2, 0) is 12.8 Å². The van der Waals surface area contributed by atoms with E-state index in [1.165, 1.54) is 38.6 Å². The van der Waals surface area contributed by atoms with Crippen molar-refractivity contribution < 1.29 is 4.42 Å². The number of aryl methyl sites for hydroxylation is 2. The minimum absolute atomic E-state index is 0.651. The quantitative estimate of drug-likeness (QED) is 0.264. The van der Waals surface area contributed by atoms with Gasteiger partial charge in [-0.05, 0) is 84.6 Å². The lowest BCUT2D eigenvalue weighted by Crippen LogP contribution is -1.94. The second-order valence-corrected chi connectivity index (χ2v) is 9.29. The number of furan rings is 1. The summed E-state index contributed by atoms with van der Waals surface area (Å²) < 4.78 is 8.33. The Bertz CT molecular complexity index is 1950. The topological polar surface area (TPSA) is 41.9 Å². The predicted octanol–water partition coefficient (Wildman–Crippen LogP) is 8.34. The molecule has 0 saturated heterocycles. The molecule has 0 saturated carbocycles. The molecule has 0 aliphatic carbocycles. The summed E-state index contributed by atoms with van der Waals surface area (Å²) in [5.41, 5.74) is 8.55. The van der Waals surface area contributed by atoms with Gasteiger partial charge in [0.2, 0.25) is 0 Å². The van der Waals surface area contributed by atoms with Crippen LogP contribution in [0.4, 0.5) is 0 Å². The van der Waals surface area contributed by atoms with Crippen LogP contribution in [0, 0.1) is 11.3 Å². The van der Waals surface area contributed by atoms with Gasteiger partial charge in [0.05, 0.1) is 22.7 Å². The predicted molar refractivity (Wildman–Crippen MR) is 147 cm³/mol. The van der Waals surface area contributed by atoms with Crippen molar-refractivity contribution in [1.82, 2.24) is 4.57 Å². The third-order valence-electron chi connectivity index (χ3n) is 7.12. The number of aromatic nitrogens is 1. The van der Waals surface area contributed by atoms with Crippen molar-refractivity contribution in [3.05, 3.63) is 126 Å². The smallest absolute Gasteiger partial charge is 0.135 e. The summed E-state index contributed by atoms with van der Waals surface area (Å²) in [4.78, 5) is 0. The van der Waals surface area contributed by atoms with E-state index in [1.54, 1.807) is 6.07 Å². The maximum atomic E-state index is 9.30. The van der Waals surface area contributed by atoms with Crippen LogP contribution >= 0.6 is 0 Å². The third-order valence-corrected chi connectivity index (χ3v) is 7.12. The van der Waals surface area contributed by atoms with E-state index in [2.05, 4.69) is 95.6 Å². The Hall–Kier alpha value is -4.81. The van der Waals surface area contributed by atoms with Crippen LogP contribution in [-0.4, -0.2) is 4.57 Å². The Morgan fingerprint density at radius 2 is 1.22 bits per heavy atom. The highest BCUT2D eigenvalue weighted by Gasteiger charge is 2.13. The summed E-state index contributed by atoms with van der Waals surface area (Å²) in [6.07, 6.45) is 1.88. The van der Waals surface area contributed by atoms with Gasteiger partial charge in [-0.15, -0.1) is 0 Å². The van der Waals surface area contributed by atoms with E-state index in [0.717, 1.165) is 34.8 Å². The fourth-order valence-electron chi connectivity index (χ4n) is 5.37. The first-order chi connectivity index (χ1) is 17.8. The number of rotatable bonds is 4. The summed E-state index contributed by atoms with van der Waals surface area (Å²) >= 11 is 0. The number of nitriles is 1. The lowest BCUT2D eigenvalue weighted by Gasteiger charge is -2.08. The van der Waals surface area contributed by atoms with Crippen LogP contribution in [0.5, 0.6) is 0 Å². The van der Waals surface area contributed by atoms with Crippen LogP contribution < -0.4 is 0 Å². The number of nitrogens with zero attached hydrogens (tertiary/aromatic N) is 2. The van der Waals surface area contributed by atoms with Crippen molar-refractivity contribution >= 4 is 43.7 Å². The molecule has 0 bridgehead atoms. The minimum Gasteiger partial charge on any atom is -0.456 e. The summed E-state index contributed by atoms with van der Waals surface area (Å²) in [6, 6.07) is 40.3. The molecular formula is C33H22N2O. The van der Waals surface area contributed by atoms with Gasteiger partial charge in [0.25, 0.3) is 0 Å².